The minimum atomic E-state index is -0.204. The van der Waals surface area contributed by atoms with Crippen molar-refractivity contribution in [3.8, 4) is 5.69 Å². The van der Waals surface area contributed by atoms with Gasteiger partial charge >= 0.3 is 0 Å². The summed E-state index contributed by atoms with van der Waals surface area (Å²) in [5.41, 5.74) is 2.00. The highest BCUT2D eigenvalue weighted by Crippen LogP contribution is 2.20. The molecule has 0 atom stereocenters. The maximum Gasteiger partial charge on any atom is 0.297 e. The Balaban J connectivity index is 1.41. The van der Waals surface area contributed by atoms with Gasteiger partial charge in [-0.1, -0.05) is 6.07 Å². The second-order valence-corrected chi connectivity index (χ2v) is 8.63. The number of anilines is 1. The molecule has 2 fully saturated rings. The summed E-state index contributed by atoms with van der Waals surface area (Å²) in [5, 5.41) is 6.20. The minimum absolute atomic E-state index is 0.0897. The molecule has 1 aromatic heterocycles. The standard InChI is InChI=1S/C23H32N6O2/c1-17-4-5-18(22(30)26-19-6-7-19)16-20(17)29-11-9-25-21(23(29)31)24-8-3-10-28-14-12-27(2)13-15-28/h4-5,9,11,16,19H,3,6-8,10,12-15H2,1-2H3,(H,24,25)(H,26,30). The average molecular weight is 425 g/mol. The number of aryl methyl sites for hydroxylation is 1. The first kappa shape index (κ1) is 21.5. The molecule has 1 aromatic carbocycles. The van der Waals surface area contributed by atoms with Gasteiger partial charge in [0.15, 0.2) is 5.82 Å². The van der Waals surface area contributed by atoms with Crippen LogP contribution in [0, 0.1) is 6.92 Å². The molecule has 0 spiro atoms. The van der Waals surface area contributed by atoms with Gasteiger partial charge < -0.3 is 20.4 Å². The van der Waals surface area contributed by atoms with Crippen molar-refractivity contribution in [3.05, 3.63) is 52.1 Å². The molecule has 1 amide bonds. The maximum absolute atomic E-state index is 13.0. The fourth-order valence-electron chi connectivity index (χ4n) is 3.81. The van der Waals surface area contributed by atoms with E-state index in [0.717, 1.165) is 57.5 Å². The van der Waals surface area contributed by atoms with Crippen LogP contribution in [0.4, 0.5) is 5.82 Å². The largest absolute Gasteiger partial charge is 0.365 e. The summed E-state index contributed by atoms with van der Waals surface area (Å²) in [5.74, 6) is 0.251. The summed E-state index contributed by atoms with van der Waals surface area (Å²) in [7, 11) is 2.15. The molecule has 8 nitrogen and oxygen atoms in total. The maximum atomic E-state index is 13.0. The lowest BCUT2D eigenvalue weighted by Crippen LogP contribution is -2.44. The monoisotopic (exact) mass is 424 g/mol. The van der Waals surface area contributed by atoms with Crippen molar-refractivity contribution in [1.82, 2.24) is 24.7 Å². The van der Waals surface area contributed by atoms with E-state index >= 15 is 0 Å². The Morgan fingerprint density at radius 1 is 1.19 bits per heavy atom. The van der Waals surface area contributed by atoms with E-state index in [4.69, 9.17) is 0 Å². The topological polar surface area (TPSA) is 82.5 Å². The number of likely N-dealkylation sites (N-methyl/N-ethyl adjacent to an activating group) is 1. The van der Waals surface area contributed by atoms with E-state index in [-0.39, 0.29) is 11.5 Å². The highest BCUT2D eigenvalue weighted by molar-refractivity contribution is 5.95. The van der Waals surface area contributed by atoms with Crippen molar-refractivity contribution in [3.63, 3.8) is 0 Å². The van der Waals surface area contributed by atoms with Crippen molar-refractivity contribution < 1.29 is 4.79 Å². The Labute approximate surface area is 183 Å². The summed E-state index contributed by atoms with van der Waals surface area (Å²) >= 11 is 0. The molecule has 1 aliphatic carbocycles. The number of carbonyl (C=O) groups is 1. The molecule has 2 aliphatic rings. The van der Waals surface area contributed by atoms with Gasteiger partial charge in [-0.3, -0.25) is 14.2 Å². The molecule has 2 aromatic rings. The number of nitrogens with zero attached hydrogens (tertiary/aromatic N) is 4. The number of benzene rings is 1. The van der Waals surface area contributed by atoms with Crippen LogP contribution in [0.2, 0.25) is 0 Å². The second-order valence-electron chi connectivity index (χ2n) is 8.63. The number of carbonyl (C=O) groups excluding carboxylic acids is 1. The lowest BCUT2D eigenvalue weighted by atomic mass is 10.1. The number of amides is 1. The molecule has 1 aliphatic heterocycles. The zero-order valence-corrected chi connectivity index (χ0v) is 18.4. The van der Waals surface area contributed by atoms with Crippen LogP contribution >= 0.6 is 0 Å². The summed E-state index contributed by atoms with van der Waals surface area (Å²) < 4.78 is 1.57. The summed E-state index contributed by atoms with van der Waals surface area (Å²) in [6.45, 7) is 8.05. The molecule has 1 saturated heterocycles. The number of hydrogen-bond donors (Lipinski definition) is 2. The third kappa shape index (κ3) is 5.51. The van der Waals surface area contributed by atoms with Crippen molar-refractivity contribution in [2.24, 2.45) is 0 Å². The van der Waals surface area contributed by atoms with Crippen molar-refractivity contribution in [2.75, 3.05) is 51.6 Å². The molecular weight excluding hydrogens is 392 g/mol. The first-order chi connectivity index (χ1) is 15.0. The molecule has 1 saturated carbocycles. The van der Waals surface area contributed by atoms with E-state index < -0.39 is 0 Å². The number of nitrogens with one attached hydrogen (secondary N) is 2. The third-order valence-corrected chi connectivity index (χ3v) is 6.02. The Bertz CT molecular complexity index is 976. The van der Waals surface area contributed by atoms with Crippen molar-refractivity contribution >= 4 is 11.7 Å². The zero-order chi connectivity index (χ0) is 21.8. The lowest BCUT2D eigenvalue weighted by molar-refractivity contribution is 0.0951. The van der Waals surface area contributed by atoms with Gasteiger partial charge in [0.25, 0.3) is 11.5 Å². The molecule has 8 heteroatoms. The third-order valence-electron chi connectivity index (χ3n) is 6.02. The molecule has 0 unspecified atom stereocenters. The van der Waals surface area contributed by atoms with Gasteiger partial charge in [-0.25, -0.2) is 4.98 Å². The Morgan fingerprint density at radius 2 is 1.97 bits per heavy atom. The molecule has 0 bridgehead atoms. The molecule has 31 heavy (non-hydrogen) atoms. The van der Waals surface area contributed by atoms with Gasteiger partial charge in [-0.2, -0.15) is 0 Å². The zero-order valence-electron chi connectivity index (χ0n) is 18.4. The van der Waals surface area contributed by atoms with Gasteiger partial charge in [0, 0.05) is 56.7 Å². The molecule has 4 rings (SSSR count). The summed E-state index contributed by atoms with van der Waals surface area (Å²) in [6, 6.07) is 5.77. The van der Waals surface area contributed by atoms with Crippen LogP contribution in [0.15, 0.2) is 35.4 Å². The first-order valence-corrected chi connectivity index (χ1v) is 11.2. The van der Waals surface area contributed by atoms with Crippen molar-refractivity contribution in [1.29, 1.82) is 0 Å². The van der Waals surface area contributed by atoms with E-state index in [9.17, 15) is 9.59 Å². The molecule has 0 radical (unpaired) electrons. The van der Waals surface area contributed by atoms with E-state index in [1.54, 1.807) is 29.1 Å². The van der Waals surface area contributed by atoms with Crippen LogP contribution in [0.5, 0.6) is 0 Å². The van der Waals surface area contributed by atoms with Gasteiger partial charge in [0.1, 0.15) is 0 Å². The fraction of sp³-hybridized carbons (Fsp3) is 0.522. The van der Waals surface area contributed by atoms with E-state index in [1.807, 2.05) is 13.0 Å². The van der Waals surface area contributed by atoms with Crippen LogP contribution in [-0.4, -0.2) is 77.6 Å². The van der Waals surface area contributed by atoms with Gasteiger partial charge in [-0.05, 0) is 57.5 Å². The number of piperazine rings is 1. The predicted octanol–water partition coefficient (Wildman–Crippen LogP) is 1.48. The van der Waals surface area contributed by atoms with Gasteiger partial charge in [0.2, 0.25) is 0 Å². The molecular formula is C23H32N6O2. The van der Waals surface area contributed by atoms with E-state index in [2.05, 4.69) is 32.5 Å². The Kier molecular flexibility index (Phi) is 6.67. The Hall–Kier alpha value is -2.71. The molecule has 166 valence electrons. The van der Waals surface area contributed by atoms with Crippen LogP contribution in [0.3, 0.4) is 0 Å². The smallest absolute Gasteiger partial charge is 0.297 e. The average Bonchev–Trinajstić information content (AvgIpc) is 3.58. The first-order valence-electron chi connectivity index (χ1n) is 11.2. The van der Waals surface area contributed by atoms with Crippen LogP contribution < -0.4 is 16.2 Å². The lowest BCUT2D eigenvalue weighted by Gasteiger charge is -2.32. The highest BCUT2D eigenvalue weighted by atomic mass is 16.2. The van der Waals surface area contributed by atoms with Crippen molar-refractivity contribution in [2.45, 2.75) is 32.2 Å². The fourth-order valence-corrected chi connectivity index (χ4v) is 3.81. The van der Waals surface area contributed by atoms with E-state index in [1.165, 1.54) is 0 Å². The van der Waals surface area contributed by atoms with E-state index in [0.29, 0.717) is 29.7 Å². The highest BCUT2D eigenvalue weighted by Gasteiger charge is 2.24. The molecule has 2 heterocycles. The SMILES string of the molecule is Cc1ccc(C(=O)NC2CC2)cc1-n1ccnc(NCCCN2CCN(C)CC2)c1=O. The van der Waals surface area contributed by atoms with Gasteiger partial charge in [-0.15, -0.1) is 0 Å². The van der Waals surface area contributed by atoms with Crippen LogP contribution in [0.1, 0.15) is 35.2 Å². The quantitative estimate of drug-likeness (QED) is 0.625. The van der Waals surface area contributed by atoms with Crippen LogP contribution in [0.25, 0.3) is 5.69 Å². The number of rotatable bonds is 8. The van der Waals surface area contributed by atoms with Crippen LogP contribution in [-0.2, 0) is 0 Å². The second kappa shape index (κ2) is 9.62. The predicted molar refractivity (Wildman–Crippen MR) is 122 cm³/mol. The Morgan fingerprint density at radius 3 is 2.71 bits per heavy atom. The minimum Gasteiger partial charge on any atom is -0.365 e. The number of hydrogen-bond acceptors (Lipinski definition) is 6. The van der Waals surface area contributed by atoms with Gasteiger partial charge in [0.05, 0.1) is 5.69 Å². The molecule has 2 N–H and O–H groups in total. The number of aromatic nitrogens is 2. The summed E-state index contributed by atoms with van der Waals surface area (Å²) in [6.07, 6.45) is 6.31. The summed E-state index contributed by atoms with van der Waals surface area (Å²) in [4.78, 5) is 34.5. The normalized spacial score (nSPS) is 17.5.